The van der Waals surface area contributed by atoms with Crippen LogP contribution < -0.4 is 9.05 Å². The topological polar surface area (TPSA) is 38.7 Å². The third-order valence-corrected chi connectivity index (χ3v) is 8.05. The monoisotopic (exact) mass is 506 g/mol. The normalized spacial score (nSPS) is 14.8. The van der Waals surface area contributed by atoms with Gasteiger partial charge in [0.2, 0.25) is 0 Å². The van der Waals surface area contributed by atoms with Gasteiger partial charge in [-0.25, -0.2) is 0 Å². The third-order valence-electron chi connectivity index (χ3n) is 7.46. The first-order valence-corrected chi connectivity index (χ1v) is 13.8. The number of aliphatic hydroxyl groups excluding tert-OH is 1. The molecule has 1 atom stereocenters. The molecular weight excluding hydrogens is 463 g/mol. The predicted molar refractivity (Wildman–Crippen MR) is 155 cm³/mol. The van der Waals surface area contributed by atoms with Gasteiger partial charge in [0.1, 0.15) is 17.3 Å². The van der Waals surface area contributed by atoms with Crippen molar-refractivity contribution in [1.29, 1.82) is 0 Å². The van der Waals surface area contributed by atoms with Gasteiger partial charge in [-0.1, -0.05) is 63.1 Å². The molecule has 0 amide bonds. The van der Waals surface area contributed by atoms with E-state index in [1.807, 2.05) is 6.07 Å². The minimum absolute atomic E-state index is 0.158. The van der Waals surface area contributed by atoms with Crippen LogP contribution in [0.3, 0.4) is 0 Å². The van der Waals surface area contributed by atoms with E-state index in [-0.39, 0.29) is 15.0 Å². The van der Waals surface area contributed by atoms with Crippen molar-refractivity contribution in [3.63, 3.8) is 0 Å². The first kappa shape index (κ1) is 28.1. The number of aliphatic hydroxyl groups is 1. The quantitative estimate of drug-likeness (QED) is 0.362. The van der Waals surface area contributed by atoms with E-state index in [0.717, 1.165) is 40.2 Å². The molecular formula is C32H43O3P. The van der Waals surface area contributed by atoms with E-state index < -0.39 is 0 Å². The van der Waals surface area contributed by atoms with Crippen LogP contribution in [-0.4, -0.2) is 5.11 Å². The maximum Gasteiger partial charge on any atom is 0.275 e. The molecule has 1 N–H and O–H groups in total. The Labute approximate surface area is 220 Å². The SMILES string of the molecule is CC1=C(C)C(Cc2c(C)c(C)cc(C(C)C)c2OPOc2ccc(C)cc2C)=C(O)C(C(C)C)=CC1. The molecule has 1 aliphatic rings. The standard InChI is InChI=1S/C32H43O3P/c1-18(2)26-13-12-21(6)24(9)28(31(26)33)17-29-25(10)22(7)16-27(19(3)4)32(29)35-36-34-30-14-11-20(5)15-23(30)8/h11,13-16,18-19,33,36H,12,17H2,1-10H3. The van der Waals surface area contributed by atoms with E-state index in [1.165, 1.54) is 33.4 Å². The van der Waals surface area contributed by atoms with Gasteiger partial charge in [0, 0.05) is 17.6 Å². The molecule has 3 nitrogen and oxygen atoms in total. The molecule has 0 fully saturated rings. The molecule has 0 radical (unpaired) electrons. The Morgan fingerprint density at radius 3 is 2.19 bits per heavy atom. The summed E-state index contributed by atoms with van der Waals surface area (Å²) in [5.74, 6) is 2.71. The molecule has 36 heavy (non-hydrogen) atoms. The Bertz CT molecular complexity index is 1230. The Balaban J connectivity index is 2.07. The van der Waals surface area contributed by atoms with Gasteiger partial charge in [-0.3, -0.25) is 0 Å². The van der Waals surface area contributed by atoms with Crippen molar-refractivity contribution in [2.45, 2.75) is 88.0 Å². The molecule has 1 aliphatic carbocycles. The molecule has 1 unspecified atom stereocenters. The van der Waals surface area contributed by atoms with E-state index in [1.54, 1.807) is 0 Å². The molecule has 2 aromatic rings. The number of hydrogen-bond donors (Lipinski definition) is 1. The van der Waals surface area contributed by atoms with Gasteiger partial charge < -0.3 is 14.2 Å². The second-order valence-electron chi connectivity index (χ2n) is 10.9. The molecule has 2 aromatic carbocycles. The fourth-order valence-corrected chi connectivity index (χ4v) is 5.48. The summed E-state index contributed by atoms with van der Waals surface area (Å²) in [5.41, 5.74) is 11.6. The molecule has 0 aromatic heterocycles. The van der Waals surface area contributed by atoms with Gasteiger partial charge in [0.15, 0.2) is 0 Å². The lowest BCUT2D eigenvalue weighted by atomic mass is 9.86. The molecule has 0 spiro atoms. The maximum atomic E-state index is 11.4. The summed E-state index contributed by atoms with van der Waals surface area (Å²) >= 11 is 0. The summed E-state index contributed by atoms with van der Waals surface area (Å²) in [6.07, 6.45) is 3.67. The lowest BCUT2D eigenvalue weighted by molar-refractivity contribution is 0.403. The zero-order valence-corrected chi connectivity index (χ0v) is 24.7. The zero-order chi connectivity index (χ0) is 26.7. The molecule has 0 bridgehead atoms. The first-order valence-electron chi connectivity index (χ1n) is 13.0. The van der Waals surface area contributed by atoms with Crippen molar-refractivity contribution < 1.29 is 14.2 Å². The van der Waals surface area contributed by atoms with E-state index in [9.17, 15) is 5.11 Å². The van der Waals surface area contributed by atoms with Crippen LogP contribution in [0.4, 0.5) is 0 Å². The van der Waals surface area contributed by atoms with Crippen LogP contribution in [0, 0.1) is 33.6 Å². The highest BCUT2D eigenvalue weighted by atomic mass is 31.1. The predicted octanol–water partition coefficient (Wildman–Crippen LogP) is 9.69. The second kappa shape index (κ2) is 11.7. The number of rotatable bonds is 8. The molecule has 0 aliphatic heterocycles. The molecule has 4 heteroatoms. The fourth-order valence-electron chi connectivity index (χ4n) is 4.80. The second-order valence-corrected chi connectivity index (χ2v) is 11.4. The van der Waals surface area contributed by atoms with E-state index >= 15 is 0 Å². The zero-order valence-electron chi connectivity index (χ0n) is 23.7. The average Bonchev–Trinajstić information content (AvgIpc) is 2.90. The lowest BCUT2D eigenvalue weighted by Gasteiger charge is -2.23. The van der Waals surface area contributed by atoms with Crippen molar-refractivity contribution in [2.24, 2.45) is 5.92 Å². The molecule has 194 valence electrons. The highest BCUT2D eigenvalue weighted by Crippen LogP contribution is 2.42. The van der Waals surface area contributed by atoms with E-state index in [2.05, 4.69) is 93.5 Å². The average molecular weight is 507 g/mol. The van der Waals surface area contributed by atoms with Crippen LogP contribution >= 0.6 is 9.03 Å². The Kier molecular flexibility index (Phi) is 9.12. The molecule has 0 heterocycles. The van der Waals surface area contributed by atoms with Gasteiger partial charge in [0.25, 0.3) is 9.03 Å². The fraction of sp³-hybridized carbons (Fsp3) is 0.438. The van der Waals surface area contributed by atoms with Crippen LogP contribution in [0.2, 0.25) is 0 Å². The van der Waals surface area contributed by atoms with Crippen molar-refractivity contribution in [3.05, 3.63) is 91.8 Å². The number of aryl methyl sites for hydroxylation is 3. The van der Waals surface area contributed by atoms with Crippen LogP contribution in [0.5, 0.6) is 11.5 Å². The summed E-state index contributed by atoms with van der Waals surface area (Å²) in [6, 6.07) is 8.44. The van der Waals surface area contributed by atoms with Crippen LogP contribution in [0.25, 0.3) is 0 Å². The van der Waals surface area contributed by atoms with Gasteiger partial charge in [-0.15, -0.1) is 0 Å². The summed E-state index contributed by atoms with van der Waals surface area (Å²) in [4.78, 5) is 0. The summed E-state index contributed by atoms with van der Waals surface area (Å²) < 4.78 is 12.6. The number of hydrogen-bond acceptors (Lipinski definition) is 3. The molecule has 0 saturated carbocycles. The van der Waals surface area contributed by atoms with E-state index in [0.29, 0.717) is 18.1 Å². The van der Waals surface area contributed by atoms with Crippen molar-refractivity contribution in [2.75, 3.05) is 0 Å². The van der Waals surface area contributed by atoms with Crippen molar-refractivity contribution in [3.8, 4) is 11.5 Å². The number of benzene rings is 2. The Morgan fingerprint density at radius 1 is 0.889 bits per heavy atom. The van der Waals surface area contributed by atoms with Gasteiger partial charge >= 0.3 is 0 Å². The minimum Gasteiger partial charge on any atom is -0.507 e. The Hall–Kier alpha value is -2.51. The lowest BCUT2D eigenvalue weighted by Crippen LogP contribution is -2.08. The van der Waals surface area contributed by atoms with Crippen molar-refractivity contribution in [1.82, 2.24) is 0 Å². The van der Waals surface area contributed by atoms with Gasteiger partial charge in [-0.2, -0.15) is 0 Å². The highest BCUT2D eigenvalue weighted by Gasteiger charge is 2.24. The number of allylic oxidation sites excluding steroid dienone is 5. The largest absolute Gasteiger partial charge is 0.507 e. The Morgan fingerprint density at radius 2 is 1.58 bits per heavy atom. The highest BCUT2D eigenvalue weighted by molar-refractivity contribution is 7.27. The van der Waals surface area contributed by atoms with Crippen LogP contribution in [0.15, 0.2) is 58.4 Å². The summed E-state index contributed by atoms with van der Waals surface area (Å²) in [5, 5.41) is 11.4. The summed E-state index contributed by atoms with van der Waals surface area (Å²) in [6.45, 7) is 21.5. The minimum atomic E-state index is -0.158. The van der Waals surface area contributed by atoms with E-state index in [4.69, 9.17) is 9.05 Å². The summed E-state index contributed by atoms with van der Waals surface area (Å²) in [7, 11) is -0.158. The van der Waals surface area contributed by atoms with Crippen LogP contribution in [-0.2, 0) is 6.42 Å². The molecule has 3 rings (SSSR count). The van der Waals surface area contributed by atoms with Gasteiger partial charge in [0.05, 0.1) is 0 Å². The van der Waals surface area contributed by atoms with Gasteiger partial charge in [-0.05, 0) is 99.3 Å². The van der Waals surface area contributed by atoms with Crippen LogP contribution in [0.1, 0.15) is 87.3 Å². The molecule has 0 saturated heterocycles. The smallest absolute Gasteiger partial charge is 0.275 e. The maximum absolute atomic E-state index is 11.4. The third kappa shape index (κ3) is 6.06. The first-order chi connectivity index (χ1) is 16.9. The van der Waals surface area contributed by atoms with Crippen molar-refractivity contribution >= 4 is 9.03 Å².